The fraction of sp³-hybridized carbons (Fsp3) is 0.0952. The average molecular weight is 516 g/mol. The molecule has 0 aliphatic carbocycles. The van der Waals surface area contributed by atoms with E-state index in [1.165, 1.54) is 68.0 Å². The Hall–Kier alpha value is -4.30. The molecule has 35 heavy (non-hydrogen) atoms. The van der Waals surface area contributed by atoms with E-state index >= 15 is 0 Å². The smallest absolute Gasteiger partial charge is 0.321 e. The molecule has 2 N–H and O–H groups in total. The molecule has 0 atom stereocenters. The van der Waals surface area contributed by atoms with Gasteiger partial charge in [-0.2, -0.15) is 9.97 Å². The molecule has 0 saturated carbocycles. The average Bonchev–Trinajstić information content (AvgIpc) is 3.27. The third-order valence-electron chi connectivity index (χ3n) is 4.67. The molecule has 0 aliphatic rings. The van der Waals surface area contributed by atoms with Gasteiger partial charge in [0, 0.05) is 34.0 Å². The fourth-order valence-electron chi connectivity index (χ4n) is 3.01. The number of carbonyl (C=O) groups is 1. The monoisotopic (exact) mass is 515 g/mol. The van der Waals surface area contributed by atoms with Crippen LogP contribution in [-0.2, 0) is 10.0 Å². The summed E-state index contributed by atoms with van der Waals surface area (Å²) in [5.41, 5.74) is 0.300. The Morgan fingerprint density at radius 2 is 1.77 bits per heavy atom. The molecule has 180 valence electrons. The van der Waals surface area contributed by atoms with Crippen LogP contribution in [-0.4, -0.2) is 43.4 Å². The normalized spacial score (nSPS) is 11.1. The summed E-state index contributed by atoms with van der Waals surface area (Å²) in [6.07, 6.45) is 0. The number of hydrogen-bond acceptors (Lipinski definition) is 10. The number of amides is 1. The number of nitrogens with one attached hydrogen (secondary N) is 2. The van der Waals surface area contributed by atoms with Crippen molar-refractivity contribution in [3.8, 4) is 11.9 Å². The zero-order chi connectivity index (χ0) is 25.2. The van der Waals surface area contributed by atoms with Gasteiger partial charge >= 0.3 is 6.01 Å². The summed E-state index contributed by atoms with van der Waals surface area (Å²) in [5.74, 6) is -0.359. The van der Waals surface area contributed by atoms with Gasteiger partial charge in [0.2, 0.25) is 5.88 Å². The minimum Gasteiger partial charge on any atom is -0.481 e. The van der Waals surface area contributed by atoms with Gasteiger partial charge < -0.3 is 14.8 Å². The highest BCUT2D eigenvalue weighted by molar-refractivity contribution is 7.92. The molecule has 0 radical (unpaired) electrons. The summed E-state index contributed by atoms with van der Waals surface area (Å²) in [6.45, 7) is 0. The van der Waals surface area contributed by atoms with Crippen LogP contribution in [0.1, 0.15) is 9.67 Å². The number of benzene rings is 2. The van der Waals surface area contributed by atoms with Gasteiger partial charge in [0.25, 0.3) is 21.6 Å². The lowest BCUT2D eigenvalue weighted by Crippen LogP contribution is -2.15. The molecule has 12 nitrogen and oxygen atoms in total. The number of sulfonamides is 1. The largest absolute Gasteiger partial charge is 0.481 e. The summed E-state index contributed by atoms with van der Waals surface area (Å²) in [5, 5.41) is 14.2. The van der Waals surface area contributed by atoms with Gasteiger partial charge in [0.15, 0.2) is 5.82 Å². The van der Waals surface area contributed by atoms with E-state index in [2.05, 4.69) is 20.0 Å². The number of ether oxygens (including phenoxy) is 2. The molecular formula is C21H17N5O7S2. The SMILES string of the molecule is COc1cc(NS(=O)(=O)c2ccc(NC(=O)c3cc4cc([N+](=O)[O-])ccc4s3)cc2)nc(OC)n1. The van der Waals surface area contributed by atoms with Crippen molar-refractivity contribution in [2.24, 2.45) is 0 Å². The van der Waals surface area contributed by atoms with Crippen LogP contribution in [0.2, 0.25) is 0 Å². The molecule has 4 aromatic rings. The van der Waals surface area contributed by atoms with Crippen molar-refractivity contribution in [1.82, 2.24) is 9.97 Å². The molecule has 1 amide bonds. The van der Waals surface area contributed by atoms with Gasteiger partial charge in [-0.05, 0) is 36.4 Å². The van der Waals surface area contributed by atoms with E-state index in [1.807, 2.05) is 0 Å². The lowest BCUT2D eigenvalue weighted by Gasteiger charge is -2.10. The molecular weight excluding hydrogens is 498 g/mol. The molecule has 0 aliphatic heterocycles. The number of thiophene rings is 1. The molecule has 0 unspecified atom stereocenters. The van der Waals surface area contributed by atoms with Crippen LogP contribution in [0.4, 0.5) is 17.2 Å². The van der Waals surface area contributed by atoms with E-state index < -0.39 is 20.9 Å². The zero-order valence-corrected chi connectivity index (χ0v) is 19.8. The van der Waals surface area contributed by atoms with Crippen LogP contribution in [0.5, 0.6) is 11.9 Å². The molecule has 0 saturated heterocycles. The Morgan fingerprint density at radius 3 is 2.43 bits per heavy atom. The summed E-state index contributed by atoms with van der Waals surface area (Å²) in [6, 6.07) is 12.7. The first-order chi connectivity index (χ1) is 16.7. The number of carbonyl (C=O) groups excluding carboxylic acids is 1. The highest BCUT2D eigenvalue weighted by Crippen LogP contribution is 2.29. The van der Waals surface area contributed by atoms with Crippen molar-refractivity contribution in [3.05, 3.63) is 69.6 Å². The molecule has 14 heteroatoms. The number of aromatic nitrogens is 2. The van der Waals surface area contributed by atoms with Crippen molar-refractivity contribution in [1.29, 1.82) is 0 Å². The van der Waals surface area contributed by atoms with Crippen LogP contribution in [0, 0.1) is 10.1 Å². The predicted octanol–water partition coefficient (Wildman–Crippen LogP) is 3.67. The second-order valence-electron chi connectivity index (χ2n) is 6.96. The van der Waals surface area contributed by atoms with Crippen LogP contribution >= 0.6 is 11.3 Å². The Bertz CT molecular complexity index is 1510. The van der Waals surface area contributed by atoms with Gasteiger partial charge in [0.1, 0.15) is 0 Å². The van der Waals surface area contributed by atoms with E-state index in [0.717, 1.165) is 4.70 Å². The Labute approximate surface area is 202 Å². The van der Waals surface area contributed by atoms with Crippen molar-refractivity contribution in [2.45, 2.75) is 4.90 Å². The third kappa shape index (κ3) is 5.28. The summed E-state index contributed by atoms with van der Waals surface area (Å²) in [7, 11) is -1.30. The first-order valence-corrected chi connectivity index (χ1v) is 12.1. The number of nitrogens with zero attached hydrogens (tertiary/aromatic N) is 3. The van der Waals surface area contributed by atoms with Crippen molar-refractivity contribution >= 4 is 54.5 Å². The number of hydrogen-bond donors (Lipinski definition) is 2. The second-order valence-corrected chi connectivity index (χ2v) is 9.72. The van der Waals surface area contributed by atoms with Crippen molar-refractivity contribution < 1.29 is 27.6 Å². The summed E-state index contributed by atoms with van der Waals surface area (Å²) >= 11 is 1.19. The lowest BCUT2D eigenvalue weighted by molar-refractivity contribution is -0.384. The van der Waals surface area contributed by atoms with Crippen LogP contribution < -0.4 is 19.5 Å². The molecule has 0 fully saturated rings. The van der Waals surface area contributed by atoms with Crippen LogP contribution in [0.15, 0.2) is 59.5 Å². The molecule has 0 bridgehead atoms. The van der Waals surface area contributed by atoms with Crippen LogP contribution in [0.3, 0.4) is 0 Å². The fourth-order valence-corrected chi connectivity index (χ4v) is 4.95. The van der Waals surface area contributed by atoms with E-state index in [4.69, 9.17) is 9.47 Å². The Morgan fingerprint density at radius 1 is 1.03 bits per heavy atom. The summed E-state index contributed by atoms with van der Waals surface area (Å²) < 4.78 is 38.5. The number of nitro groups is 1. The number of methoxy groups -OCH3 is 2. The number of anilines is 2. The molecule has 4 rings (SSSR count). The molecule has 0 spiro atoms. The third-order valence-corrected chi connectivity index (χ3v) is 7.16. The van der Waals surface area contributed by atoms with Gasteiger partial charge in [-0.25, -0.2) is 8.42 Å². The van der Waals surface area contributed by atoms with Gasteiger partial charge in [-0.3, -0.25) is 19.6 Å². The number of nitro benzene ring substituents is 1. The first-order valence-electron chi connectivity index (χ1n) is 9.78. The van der Waals surface area contributed by atoms with Gasteiger partial charge in [-0.1, -0.05) is 0 Å². The number of rotatable bonds is 8. The topological polar surface area (TPSA) is 163 Å². The molecule has 2 aromatic carbocycles. The minimum absolute atomic E-state index is 0.0453. The Balaban J connectivity index is 1.49. The molecule has 2 aromatic heterocycles. The predicted molar refractivity (Wildman–Crippen MR) is 129 cm³/mol. The highest BCUT2D eigenvalue weighted by Gasteiger charge is 2.18. The van der Waals surface area contributed by atoms with Gasteiger partial charge in [0.05, 0.1) is 28.9 Å². The van der Waals surface area contributed by atoms with Crippen molar-refractivity contribution in [2.75, 3.05) is 24.3 Å². The summed E-state index contributed by atoms with van der Waals surface area (Å²) in [4.78, 5) is 31.2. The van der Waals surface area contributed by atoms with E-state index in [0.29, 0.717) is 16.0 Å². The van der Waals surface area contributed by atoms with Crippen molar-refractivity contribution in [3.63, 3.8) is 0 Å². The maximum atomic E-state index is 12.7. The highest BCUT2D eigenvalue weighted by atomic mass is 32.2. The number of non-ortho nitro benzene ring substituents is 1. The second kappa shape index (κ2) is 9.52. The first kappa shape index (κ1) is 23.8. The molecule has 2 heterocycles. The maximum Gasteiger partial charge on any atom is 0.321 e. The maximum absolute atomic E-state index is 12.7. The van der Waals surface area contributed by atoms with Gasteiger partial charge in [-0.15, -0.1) is 11.3 Å². The standard InChI is InChI=1S/C21H17N5O7S2/c1-32-19-11-18(23-21(24-19)33-2)25-35(30,31)15-6-3-13(4-7-15)22-20(27)17-10-12-9-14(26(28)29)5-8-16(12)34-17/h3-11H,1-2H3,(H,22,27)(H,23,24,25). The van der Waals surface area contributed by atoms with E-state index in [9.17, 15) is 23.3 Å². The minimum atomic E-state index is -4.01. The van der Waals surface area contributed by atoms with Crippen LogP contribution in [0.25, 0.3) is 10.1 Å². The lowest BCUT2D eigenvalue weighted by atomic mass is 10.2. The number of fused-ring (bicyclic) bond motifs is 1. The quantitative estimate of drug-likeness (QED) is 0.263. The zero-order valence-electron chi connectivity index (χ0n) is 18.2. The van der Waals surface area contributed by atoms with E-state index in [1.54, 1.807) is 12.1 Å². The van der Waals surface area contributed by atoms with E-state index in [-0.39, 0.29) is 28.3 Å². The Kier molecular flexibility index (Phi) is 6.48.